The van der Waals surface area contributed by atoms with Gasteiger partial charge in [0.1, 0.15) is 0 Å². The van der Waals surface area contributed by atoms with Gasteiger partial charge >= 0.3 is 17.9 Å². The molecule has 0 heterocycles. The number of carbonyl (C=O) groups excluding carboxylic acids is 4. The van der Waals surface area contributed by atoms with E-state index in [1.165, 1.54) is 45.3 Å². The molecule has 1 aromatic rings. The maximum absolute atomic E-state index is 12.1. The minimum absolute atomic E-state index is 0.0658. The van der Waals surface area contributed by atoms with Crippen LogP contribution in [0.2, 0.25) is 0 Å². The predicted octanol–water partition coefficient (Wildman–Crippen LogP) is 2.71. The molecule has 152 valence electrons. The van der Waals surface area contributed by atoms with E-state index >= 15 is 0 Å². The summed E-state index contributed by atoms with van der Waals surface area (Å²) in [6, 6.07) is 4.04. The van der Waals surface area contributed by atoms with Crippen molar-refractivity contribution < 1.29 is 33.4 Å². The summed E-state index contributed by atoms with van der Waals surface area (Å²) in [6.07, 6.45) is 5.74. The third kappa shape index (κ3) is 6.07. The van der Waals surface area contributed by atoms with Crippen molar-refractivity contribution in [2.75, 3.05) is 26.1 Å². The second kappa shape index (κ2) is 10.4. The molecule has 1 aliphatic rings. The van der Waals surface area contributed by atoms with Crippen LogP contribution in [0.4, 0.5) is 5.69 Å². The highest BCUT2D eigenvalue weighted by Crippen LogP contribution is 2.28. The number of nitrogens with one attached hydrogen (secondary N) is 1. The van der Waals surface area contributed by atoms with E-state index in [0.29, 0.717) is 5.92 Å². The maximum atomic E-state index is 12.1. The van der Waals surface area contributed by atoms with E-state index in [0.717, 1.165) is 19.3 Å². The number of benzene rings is 1. The summed E-state index contributed by atoms with van der Waals surface area (Å²) >= 11 is 0. The molecule has 0 unspecified atom stereocenters. The number of rotatable bonds is 8. The Hall–Kier alpha value is -2.90. The van der Waals surface area contributed by atoms with E-state index in [2.05, 4.69) is 14.8 Å². The van der Waals surface area contributed by atoms with Crippen molar-refractivity contribution in [3.63, 3.8) is 0 Å². The predicted molar refractivity (Wildman–Crippen MR) is 99.9 cm³/mol. The van der Waals surface area contributed by atoms with Gasteiger partial charge in [0.05, 0.1) is 31.0 Å². The van der Waals surface area contributed by atoms with Crippen LogP contribution in [0.5, 0.6) is 0 Å². The van der Waals surface area contributed by atoms with Crippen LogP contribution in [0.1, 0.15) is 59.2 Å². The number of carbonyl (C=O) groups is 4. The van der Waals surface area contributed by atoms with Crippen molar-refractivity contribution in [2.45, 2.75) is 38.5 Å². The number of methoxy groups -OCH3 is 2. The van der Waals surface area contributed by atoms with Gasteiger partial charge in [-0.1, -0.05) is 25.7 Å². The van der Waals surface area contributed by atoms with Crippen molar-refractivity contribution in [2.24, 2.45) is 5.92 Å². The highest BCUT2D eigenvalue weighted by Gasteiger charge is 2.19. The summed E-state index contributed by atoms with van der Waals surface area (Å²) in [7, 11) is 2.42. The molecule has 0 aliphatic heterocycles. The topological polar surface area (TPSA) is 108 Å². The second-order valence-electron chi connectivity index (χ2n) is 6.64. The van der Waals surface area contributed by atoms with Gasteiger partial charge in [0.25, 0.3) is 5.91 Å². The third-order valence-corrected chi connectivity index (χ3v) is 4.72. The van der Waals surface area contributed by atoms with E-state index in [9.17, 15) is 19.2 Å². The molecule has 1 amide bonds. The highest BCUT2D eigenvalue weighted by molar-refractivity contribution is 6.03. The molecule has 8 heteroatoms. The van der Waals surface area contributed by atoms with Crippen molar-refractivity contribution in [1.82, 2.24) is 0 Å². The van der Waals surface area contributed by atoms with Gasteiger partial charge in [-0.25, -0.2) is 9.59 Å². The average molecular weight is 391 g/mol. The lowest BCUT2D eigenvalue weighted by Gasteiger charge is -2.12. The van der Waals surface area contributed by atoms with E-state index < -0.39 is 30.4 Å². The summed E-state index contributed by atoms with van der Waals surface area (Å²) in [6.45, 7) is -0.480. The monoisotopic (exact) mass is 391 g/mol. The normalized spacial score (nSPS) is 13.6. The minimum atomic E-state index is -0.680. The molecule has 28 heavy (non-hydrogen) atoms. The van der Waals surface area contributed by atoms with Crippen LogP contribution in [0.15, 0.2) is 18.2 Å². The highest BCUT2D eigenvalue weighted by atomic mass is 16.5. The summed E-state index contributed by atoms with van der Waals surface area (Å²) in [4.78, 5) is 47.5. The lowest BCUT2D eigenvalue weighted by Crippen LogP contribution is -2.22. The Bertz CT molecular complexity index is 738. The smallest absolute Gasteiger partial charge is 0.339 e. The average Bonchev–Trinajstić information content (AvgIpc) is 3.23. The number of anilines is 1. The van der Waals surface area contributed by atoms with E-state index in [1.807, 2.05) is 0 Å². The van der Waals surface area contributed by atoms with Crippen molar-refractivity contribution in [1.29, 1.82) is 0 Å². The first kappa shape index (κ1) is 21.4. The first-order valence-electron chi connectivity index (χ1n) is 9.20. The van der Waals surface area contributed by atoms with Gasteiger partial charge in [-0.15, -0.1) is 0 Å². The fourth-order valence-electron chi connectivity index (χ4n) is 3.21. The van der Waals surface area contributed by atoms with Crippen LogP contribution in [-0.4, -0.2) is 44.6 Å². The number of esters is 3. The Morgan fingerprint density at radius 2 is 1.71 bits per heavy atom. The number of ether oxygens (including phenoxy) is 3. The summed E-state index contributed by atoms with van der Waals surface area (Å²) < 4.78 is 14.3. The van der Waals surface area contributed by atoms with Crippen LogP contribution < -0.4 is 5.32 Å². The molecule has 1 saturated carbocycles. The molecule has 2 rings (SSSR count). The Labute approximate surface area is 163 Å². The van der Waals surface area contributed by atoms with Crippen molar-refractivity contribution in [3.8, 4) is 0 Å². The first-order valence-corrected chi connectivity index (χ1v) is 9.20. The molecular formula is C20H25NO7. The zero-order chi connectivity index (χ0) is 20.5. The Balaban J connectivity index is 1.94. The molecule has 0 atom stereocenters. The molecule has 1 aromatic carbocycles. The maximum Gasteiger partial charge on any atom is 0.339 e. The molecule has 0 spiro atoms. The van der Waals surface area contributed by atoms with Gasteiger partial charge in [0.2, 0.25) is 0 Å². The molecular weight excluding hydrogens is 366 g/mol. The number of hydrogen-bond acceptors (Lipinski definition) is 7. The summed E-state index contributed by atoms with van der Waals surface area (Å²) in [5, 5.41) is 2.47. The zero-order valence-electron chi connectivity index (χ0n) is 16.1. The molecule has 0 bridgehead atoms. The molecule has 1 fully saturated rings. The summed E-state index contributed by atoms with van der Waals surface area (Å²) in [5.74, 6) is -1.80. The lowest BCUT2D eigenvalue weighted by atomic mass is 10.0. The molecule has 0 radical (unpaired) electrons. The van der Waals surface area contributed by atoms with Gasteiger partial charge < -0.3 is 19.5 Å². The Kier molecular flexibility index (Phi) is 7.98. The van der Waals surface area contributed by atoms with E-state index in [-0.39, 0.29) is 23.2 Å². The lowest BCUT2D eigenvalue weighted by molar-refractivity contribution is -0.147. The molecule has 1 N–H and O–H groups in total. The van der Waals surface area contributed by atoms with Crippen LogP contribution in [-0.2, 0) is 23.8 Å². The third-order valence-electron chi connectivity index (χ3n) is 4.72. The zero-order valence-corrected chi connectivity index (χ0v) is 16.1. The van der Waals surface area contributed by atoms with E-state index in [1.54, 1.807) is 0 Å². The standard InChI is InChI=1S/C20H25NO7/c1-26-19(24)14-8-9-15(20(25)27-2)16(11-14)21-17(22)12-28-18(23)10-7-13-5-3-4-6-13/h8-9,11,13H,3-7,10,12H2,1-2H3,(H,21,22). The quantitative estimate of drug-likeness (QED) is 0.536. The van der Waals surface area contributed by atoms with Crippen LogP contribution in [0, 0.1) is 5.92 Å². The SMILES string of the molecule is COC(=O)c1ccc(C(=O)OC)c(NC(=O)COC(=O)CCC2CCCC2)c1. The molecule has 0 saturated heterocycles. The van der Waals surface area contributed by atoms with Gasteiger partial charge in [0, 0.05) is 6.42 Å². The largest absolute Gasteiger partial charge is 0.465 e. The number of hydrogen-bond donors (Lipinski definition) is 1. The number of amides is 1. The second-order valence-corrected chi connectivity index (χ2v) is 6.64. The molecule has 0 aromatic heterocycles. The Morgan fingerprint density at radius 1 is 1.04 bits per heavy atom. The molecule has 1 aliphatic carbocycles. The van der Waals surface area contributed by atoms with Crippen LogP contribution in [0.25, 0.3) is 0 Å². The van der Waals surface area contributed by atoms with Gasteiger partial charge in [0.15, 0.2) is 6.61 Å². The summed E-state index contributed by atoms with van der Waals surface area (Å²) in [5.41, 5.74) is 0.289. The van der Waals surface area contributed by atoms with Crippen LogP contribution >= 0.6 is 0 Å². The van der Waals surface area contributed by atoms with Gasteiger partial charge in [-0.3, -0.25) is 9.59 Å². The van der Waals surface area contributed by atoms with E-state index in [4.69, 9.17) is 4.74 Å². The fraction of sp³-hybridized carbons (Fsp3) is 0.500. The van der Waals surface area contributed by atoms with Gasteiger partial charge in [-0.05, 0) is 30.5 Å². The van der Waals surface area contributed by atoms with Crippen molar-refractivity contribution >= 4 is 29.5 Å². The minimum Gasteiger partial charge on any atom is -0.465 e. The van der Waals surface area contributed by atoms with Gasteiger partial charge in [-0.2, -0.15) is 0 Å². The first-order chi connectivity index (χ1) is 13.4. The van der Waals surface area contributed by atoms with Crippen molar-refractivity contribution in [3.05, 3.63) is 29.3 Å². The Morgan fingerprint density at radius 3 is 2.36 bits per heavy atom. The molecule has 8 nitrogen and oxygen atoms in total. The fourth-order valence-corrected chi connectivity index (χ4v) is 3.21. The van der Waals surface area contributed by atoms with Crippen LogP contribution in [0.3, 0.4) is 0 Å².